The highest BCUT2D eigenvalue weighted by Gasteiger charge is 2.40. The number of sulfonamides is 1. The third-order valence-electron chi connectivity index (χ3n) is 3.59. The van der Waals surface area contributed by atoms with Crippen LogP contribution < -0.4 is 4.74 Å². The number of amides is 1. The van der Waals surface area contributed by atoms with Crippen molar-refractivity contribution in [3.63, 3.8) is 0 Å². The quantitative estimate of drug-likeness (QED) is 0.833. The van der Waals surface area contributed by atoms with Gasteiger partial charge in [0.05, 0.1) is 17.3 Å². The monoisotopic (exact) mass is 329 g/mol. The van der Waals surface area contributed by atoms with Crippen molar-refractivity contribution in [1.82, 2.24) is 9.29 Å². The Morgan fingerprint density at radius 3 is 2.74 bits per heavy atom. The molecule has 2 aromatic rings. The maximum absolute atomic E-state index is 12.2. The summed E-state index contributed by atoms with van der Waals surface area (Å²) in [6.07, 6.45) is 2.83. The minimum Gasteiger partial charge on any atom is -0.455 e. The first-order valence-electron chi connectivity index (χ1n) is 6.56. The van der Waals surface area contributed by atoms with Crippen molar-refractivity contribution >= 4 is 15.9 Å². The van der Waals surface area contributed by atoms with Gasteiger partial charge in [-0.2, -0.15) is 5.26 Å². The summed E-state index contributed by atoms with van der Waals surface area (Å²) in [5.41, 5.74) is 0.858. The second-order valence-electron chi connectivity index (χ2n) is 4.96. The van der Waals surface area contributed by atoms with E-state index in [0.717, 1.165) is 0 Å². The average molecular weight is 329 g/mol. The van der Waals surface area contributed by atoms with Crippen LogP contribution in [0.25, 0.3) is 0 Å². The number of hydrogen-bond acceptors (Lipinski definition) is 6. The van der Waals surface area contributed by atoms with Crippen molar-refractivity contribution in [3.8, 4) is 17.6 Å². The van der Waals surface area contributed by atoms with E-state index in [1.807, 2.05) is 6.07 Å². The van der Waals surface area contributed by atoms with E-state index in [0.29, 0.717) is 26.9 Å². The summed E-state index contributed by atoms with van der Waals surface area (Å²) in [6, 6.07) is 6.28. The SMILES string of the molecule is Cc1c(Oc2cncc(C#N)c2)ccc2c1C(=O)N(C)S2(=O)=O. The molecule has 2 heterocycles. The lowest BCUT2D eigenvalue weighted by atomic mass is 10.1. The van der Waals surface area contributed by atoms with Gasteiger partial charge in [0, 0.05) is 24.9 Å². The first kappa shape index (κ1) is 15.0. The van der Waals surface area contributed by atoms with Gasteiger partial charge in [0.25, 0.3) is 15.9 Å². The number of aromatic nitrogens is 1. The van der Waals surface area contributed by atoms with E-state index in [1.54, 1.807) is 6.92 Å². The molecule has 116 valence electrons. The fourth-order valence-electron chi connectivity index (χ4n) is 2.34. The molecular weight excluding hydrogens is 318 g/mol. The number of carbonyl (C=O) groups is 1. The van der Waals surface area contributed by atoms with Crippen LogP contribution in [0, 0.1) is 18.3 Å². The van der Waals surface area contributed by atoms with E-state index in [2.05, 4.69) is 4.98 Å². The fraction of sp³-hybridized carbons (Fsp3) is 0.133. The molecule has 0 atom stereocenters. The van der Waals surface area contributed by atoms with Crippen LogP contribution >= 0.6 is 0 Å². The fourth-order valence-corrected chi connectivity index (χ4v) is 3.68. The van der Waals surface area contributed by atoms with Gasteiger partial charge >= 0.3 is 0 Å². The molecule has 1 aliphatic rings. The molecule has 23 heavy (non-hydrogen) atoms. The Morgan fingerprint density at radius 1 is 1.30 bits per heavy atom. The van der Waals surface area contributed by atoms with Gasteiger partial charge < -0.3 is 4.74 Å². The number of pyridine rings is 1. The Balaban J connectivity index is 2.08. The second kappa shape index (κ2) is 5.07. The Labute approximate surface area is 132 Å². The predicted octanol–water partition coefficient (Wildman–Crippen LogP) is 1.83. The van der Waals surface area contributed by atoms with Crippen LogP contribution in [0.3, 0.4) is 0 Å². The average Bonchev–Trinajstić information content (AvgIpc) is 2.71. The number of benzene rings is 1. The summed E-state index contributed by atoms with van der Waals surface area (Å²) >= 11 is 0. The number of fused-ring (bicyclic) bond motifs is 1. The van der Waals surface area contributed by atoms with Crippen molar-refractivity contribution in [2.24, 2.45) is 0 Å². The molecule has 0 fully saturated rings. The van der Waals surface area contributed by atoms with Crippen molar-refractivity contribution in [3.05, 3.63) is 47.3 Å². The summed E-state index contributed by atoms with van der Waals surface area (Å²) in [6.45, 7) is 1.61. The molecule has 0 spiro atoms. The van der Waals surface area contributed by atoms with Gasteiger partial charge in [-0.1, -0.05) is 0 Å². The van der Waals surface area contributed by atoms with Gasteiger partial charge in [-0.3, -0.25) is 9.78 Å². The summed E-state index contributed by atoms with van der Waals surface area (Å²) in [5, 5.41) is 8.87. The number of carbonyl (C=O) groups excluding carboxylic acids is 1. The Hall–Kier alpha value is -2.92. The Morgan fingerprint density at radius 2 is 2.04 bits per heavy atom. The Bertz CT molecular complexity index is 977. The largest absolute Gasteiger partial charge is 0.455 e. The summed E-state index contributed by atoms with van der Waals surface area (Å²) < 4.78 is 30.6. The number of nitriles is 1. The van der Waals surface area contributed by atoms with Crippen LogP contribution in [0.5, 0.6) is 11.5 Å². The van der Waals surface area contributed by atoms with E-state index in [1.165, 1.54) is 37.6 Å². The minimum atomic E-state index is -3.78. The topological polar surface area (TPSA) is 100 Å². The van der Waals surface area contributed by atoms with Crippen molar-refractivity contribution in [1.29, 1.82) is 5.26 Å². The van der Waals surface area contributed by atoms with Crippen molar-refractivity contribution < 1.29 is 17.9 Å². The van der Waals surface area contributed by atoms with Crippen LogP contribution in [0.15, 0.2) is 35.5 Å². The maximum Gasteiger partial charge on any atom is 0.269 e. The molecular formula is C15H11N3O4S. The van der Waals surface area contributed by atoms with Crippen LogP contribution in [0.1, 0.15) is 21.5 Å². The number of nitrogens with zero attached hydrogens (tertiary/aromatic N) is 3. The normalized spacial score (nSPS) is 15.2. The number of ether oxygens (including phenoxy) is 1. The van der Waals surface area contributed by atoms with Gasteiger partial charge in [-0.15, -0.1) is 0 Å². The van der Waals surface area contributed by atoms with Gasteiger partial charge in [0.2, 0.25) is 0 Å². The molecule has 1 aliphatic heterocycles. The van der Waals surface area contributed by atoms with Crippen molar-refractivity contribution in [2.75, 3.05) is 7.05 Å². The summed E-state index contributed by atoms with van der Waals surface area (Å²) in [4.78, 5) is 16.0. The Kier molecular flexibility index (Phi) is 3.30. The highest BCUT2D eigenvalue weighted by molar-refractivity contribution is 7.90. The van der Waals surface area contributed by atoms with Crippen LogP contribution in [-0.4, -0.2) is 30.7 Å². The van der Waals surface area contributed by atoms with Gasteiger partial charge in [0.15, 0.2) is 0 Å². The zero-order chi connectivity index (χ0) is 16.8. The van der Waals surface area contributed by atoms with E-state index >= 15 is 0 Å². The lowest BCUT2D eigenvalue weighted by molar-refractivity contribution is 0.0890. The highest BCUT2D eigenvalue weighted by atomic mass is 32.2. The molecule has 1 aromatic carbocycles. The molecule has 1 amide bonds. The molecule has 3 rings (SSSR count). The van der Waals surface area contributed by atoms with Gasteiger partial charge in [-0.05, 0) is 19.1 Å². The molecule has 0 unspecified atom stereocenters. The van der Waals surface area contributed by atoms with Crippen LogP contribution in [-0.2, 0) is 10.0 Å². The first-order chi connectivity index (χ1) is 10.9. The molecule has 0 aliphatic carbocycles. The lowest BCUT2D eigenvalue weighted by Crippen LogP contribution is -2.25. The highest BCUT2D eigenvalue weighted by Crippen LogP contribution is 2.37. The third-order valence-corrected chi connectivity index (χ3v) is 5.37. The molecule has 8 heteroatoms. The zero-order valence-electron chi connectivity index (χ0n) is 12.3. The maximum atomic E-state index is 12.2. The first-order valence-corrected chi connectivity index (χ1v) is 8.00. The second-order valence-corrected chi connectivity index (χ2v) is 6.90. The van der Waals surface area contributed by atoms with Gasteiger partial charge in [0.1, 0.15) is 22.5 Å². The molecule has 0 radical (unpaired) electrons. The molecule has 0 bridgehead atoms. The minimum absolute atomic E-state index is 0.0289. The molecule has 1 aromatic heterocycles. The lowest BCUT2D eigenvalue weighted by Gasteiger charge is -2.10. The van der Waals surface area contributed by atoms with Crippen LogP contribution in [0.4, 0.5) is 0 Å². The standard InChI is InChI=1S/C15H11N3O4S/c1-9-12(22-11-5-10(6-16)7-17-8-11)3-4-13-14(9)15(19)18(2)23(13,20)21/h3-5,7-8H,1-2H3. The predicted molar refractivity (Wildman–Crippen MR) is 79.5 cm³/mol. The van der Waals surface area contributed by atoms with Gasteiger partial charge in [-0.25, -0.2) is 12.7 Å². The molecule has 0 saturated heterocycles. The number of rotatable bonds is 2. The van der Waals surface area contributed by atoms with Crippen LogP contribution in [0.2, 0.25) is 0 Å². The third kappa shape index (κ3) is 2.22. The zero-order valence-corrected chi connectivity index (χ0v) is 13.1. The summed E-state index contributed by atoms with van der Waals surface area (Å²) in [7, 11) is -2.56. The molecule has 0 saturated carbocycles. The van der Waals surface area contributed by atoms with Crippen molar-refractivity contribution in [2.45, 2.75) is 11.8 Å². The molecule has 7 nitrogen and oxygen atoms in total. The summed E-state index contributed by atoms with van der Waals surface area (Å²) in [5.74, 6) is 0.0695. The van der Waals surface area contributed by atoms with E-state index in [4.69, 9.17) is 10.00 Å². The van der Waals surface area contributed by atoms with E-state index in [9.17, 15) is 13.2 Å². The smallest absolute Gasteiger partial charge is 0.269 e. The molecule has 0 N–H and O–H groups in total. The van der Waals surface area contributed by atoms with E-state index < -0.39 is 15.9 Å². The van der Waals surface area contributed by atoms with E-state index in [-0.39, 0.29) is 10.5 Å². The number of hydrogen-bond donors (Lipinski definition) is 0.